The van der Waals surface area contributed by atoms with Gasteiger partial charge in [0.2, 0.25) is 5.95 Å². The summed E-state index contributed by atoms with van der Waals surface area (Å²) in [5.74, 6) is 0.333. The van der Waals surface area contributed by atoms with Crippen molar-refractivity contribution in [2.24, 2.45) is 0 Å². The minimum Gasteiger partial charge on any atom is -0.372 e. The molecule has 1 aliphatic carbocycles. The molecule has 6 nitrogen and oxygen atoms in total. The number of carbonyl (C=O) groups is 1. The highest BCUT2D eigenvalue weighted by molar-refractivity contribution is 5.92. The molecule has 1 amide bonds. The molecule has 148 valence electrons. The fraction of sp³-hybridized carbons (Fsp3) is 0.500. The van der Waals surface area contributed by atoms with Gasteiger partial charge >= 0.3 is 0 Å². The summed E-state index contributed by atoms with van der Waals surface area (Å²) in [5, 5.41) is 6.32. The Morgan fingerprint density at radius 2 is 1.64 bits per heavy atom. The van der Waals surface area contributed by atoms with Crippen molar-refractivity contribution in [1.82, 2.24) is 15.3 Å². The van der Waals surface area contributed by atoms with Gasteiger partial charge in [-0.2, -0.15) is 0 Å². The van der Waals surface area contributed by atoms with Crippen LogP contribution in [0.4, 0.5) is 17.3 Å². The van der Waals surface area contributed by atoms with Gasteiger partial charge < -0.3 is 15.5 Å². The molecule has 0 bridgehead atoms. The highest BCUT2D eigenvalue weighted by Crippen LogP contribution is 2.23. The van der Waals surface area contributed by atoms with Gasteiger partial charge in [0.1, 0.15) is 5.69 Å². The summed E-state index contributed by atoms with van der Waals surface area (Å²) in [6, 6.07) is 10.3. The van der Waals surface area contributed by atoms with Gasteiger partial charge in [0, 0.05) is 36.7 Å². The normalized spacial score (nSPS) is 17.9. The second-order valence-electron chi connectivity index (χ2n) is 7.79. The molecule has 2 aromatic rings. The Hall–Kier alpha value is -2.63. The van der Waals surface area contributed by atoms with E-state index in [2.05, 4.69) is 37.6 Å². The number of amides is 1. The number of hydrogen-bond acceptors (Lipinski definition) is 5. The number of benzene rings is 1. The molecular formula is C22H29N5O. The third-order valence-electron chi connectivity index (χ3n) is 5.67. The number of hydrogen-bond donors (Lipinski definition) is 2. The summed E-state index contributed by atoms with van der Waals surface area (Å²) in [6.45, 7) is 2.27. The molecule has 0 unspecified atom stereocenters. The molecule has 1 saturated heterocycles. The molecule has 1 aromatic carbocycles. The van der Waals surface area contributed by atoms with Crippen LogP contribution in [-0.2, 0) is 0 Å². The summed E-state index contributed by atoms with van der Waals surface area (Å²) in [7, 11) is 0. The van der Waals surface area contributed by atoms with E-state index in [4.69, 9.17) is 0 Å². The lowest BCUT2D eigenvalue weighted by Gasteiger charge is -2.28. The number of piperidine rings is 1. The molecule has 28 heavy (non-hydrogen) atoms. The fourth-order valence-corrected chi connectivity index (χ4v) is 4.09. The fourth-order valence-electron chi connectivity index (χ4n) is 4.09. The van der Waals surface area contributed by atoms with Crippen molar-refractivity contribution in [3.8, 4) is 0 Å². The number of carbonyl (C=O) groups excluding carboxylic acids is 1. The Kier molecular flexibility index (Phi) is 6.04. The van der Waals surface area contributed by atoms with Gasteiger partial charge in [-0.25, -0.2) is 9.97 Å². The van der Waals surface area contributed by atoms with E-state index in [-0.39, 0.29) is 11.9 Å². The number of nitrogens with one attached hydrogen (secondary N) is 2. The van der Waals surface area contributed by atoms with E-state index in [0.717, 1.165) is 31.6 Å². The molecule has 2 N–H and O–H groups in total. The standard InChI is InChI=1S/C22H29N5O/c28-21(24-17-7-3-1-4-8-17)20-13-14-23-22(26-20)25-18-9-11-19(12-10-18)27-15-5-2-6-16-27/h9-14,17H,1-8,15-16H2,(H,24,28)(H,23,25,26). The minimum atomic E-state index is -0.113. The van der Waals surface area contributed by atoms with Crippen molar-refractivity contribution in [2.75, 3.05) is 23.3 Å². The molecule has 4 rings (SSSR count). The van der Waals surface area contributed by atoms with E-state index in [0.29, 0.717) is 11.6 Å². The summed E-state index contributed by atoms with van der Waals surface area (Å²) < 4.78 is 0. The molecule has 1 aromatic heterocycles. The van der Waals surface area contributed by atoms with E-state index in [1.165, 1.54) is 44.2 Å². The van der Waals surface area contributed by atoms with Crippen molar-refractivity contribution in [1.29, 1.82) is 0 Å². The highest BCUT2D eigenvalue weighted by atomic mass is 16.1. The second kappa shape index (κ2) is 9.04. The zero-order valence-corrected chi connectivity index (χ0v) is 16.4. The molecule has 1 saturated carbocycles. The summed E-state index contributed by atoms with van der Waals surface area (Å²) in [4.78, 5) is 23.6. The average molecular weight is 380 g/mol. The van der Waals surface area contributed by atoms with Crippen molar-refractivity contribution < 1.29 is 4.79 Å². The number of nitrogens with zero attached hydrogens (tertiary/aromatic N) is 3. The largest absolute Gasteiger partial charge is 0.372 e. The molecule has 1 aliphatic heterocycles. The molecule has 0 atom stereocenters. The van der Waals surface area contributed by atoms with Crippen LogP contribution in [0.15, 0.2) is 36.5 Å². The lowest BCUT2D eigenvalue weighted by atomic mass is 9.95. The van der Waals surface area contributed by atoms with Crippen molar-refractivity contribution in [3.63, 3.8) is 0 Å². The summed E-state index contributed by atoms with van der Waals surface area (Å²) in [6.07, 6.45) is 11.3. The van der Waals surface area contributed by atoms with Gasteiger partial charge in [0.25, 0.3) is 5.91 Å². The van der Waals surface area contributed by atoms with E-state index in [1.54, 1.807) is 12.3 Å². The lowest BCUT2D eigenvalue weighted by molar-refractivity contribution is 0.0922. The van der Waals surface area contributed by atoms with E-state index < -0.39 is 0 Å². The molecule has 2 fully saturated rings. The van der Waals surface area contributed by atoms with Crippen molar-refractivity contribution in [2.45, 2.75) is 57.4 Å². The molecule has 0 spiro atoms. The van der Waals surface area contributed by atoms with E-state index >= 15 is 0 Å². The Morgan fingerprint density at radius 3 is 2.39 bits per heavy atom. The Morgan fingerprint density at radius 1 is 0.929 bits per heavy atom. The first kappa shape index (κ1) is 18.7. The maximum Gasteiger partial charge on any atom is 0.270 e. The van der Waals surface area contributed by atoms with Gasteiger partial charge in [-0.3, -0.25) is 4.79 Å². The van der Waals surface area contributed by atoms with Crippen LogP contribution >= 0.6 is 0 Å². The van der Waals surface area contributed by atoms with Crippen LogP contribution in [0.1, 0.15) is 61.9 Å². The van der Waals surface area contributed by atoms with Crippen LogP contribution in [0.5, 0.6) is 0 Å². The van der Waals surface area contributed by atoms with Gasteiger partial charge in [-0.15, -0.1) is 0 Å². The number of aromatic nitrogens is 2. The zero-order chi connectivity index (χ0) is 19.2. The van der Waals surface area contributed by atoms with Gasteiger partial charge in [-0.1, -0.05) is 19.3 Å². The Bertz CT molecular complexity index is 780. The first-order valence-corrected chi connectivity index (χ1v) is 10.5. The molecule has 6 heteroatoms. The number of anilines is 3. The van der Waals surface area contributed by atoms with Crippen LogP contribution in [0.2, 0.25) is 0 Å². The van der Waals surface area contributed by atoms with Crippen molar-refractivity contribution in [3.05, 3.63) is 42.2 Å². The third-order valence-corrected chi connectivity index (χ3v) is 5.67. The second-order valence-corrected chi connectivity index (χ2v) is 7.79. The quantitative estimate of drug-likeness (QED) is 0.812. The first-order chi connectivity index (χ1) is 13.8. The van der Waals surface area contributed by atoms with Crippen LogP contribution in [0.25, 0.3) is 0 Å². The molecule has 2 aliphatic rings. The monoisotopic (exact) mass is 379 g/mol. The van der Waals surface area contributed by atoms with Gasteiger partial charge in [0.05, 0.1) is 0 Å². The Balaban J connectivity index is 1.38. The third kappa shape index (κ3) is 4.80. The Labute approximate surface area is 166 Å². The van der Waals surface area contributed by atoms with E-state index in [1.807, 2.05) is 12.1 Å². The lowest BCUT2D eigenvalue weighted by Crippen LogP contribution is -2.36. The maximum atomic E-state index is 12.5. The van der Waals surface area contributed by atoms with Crippen LogP contribution < -0.4 is 15.5 Å². The van der Waals surface area contributed by atoms with Crippen LogP contribution in [0.3, 0.4) is 0 Å². The summed E-state index contributed by atoms with van der Waals surface area (Å²) >= 11 is 0. The zero-order valence-electron chi connectivity index (χ0n) is 16.4. The topological polar surface area (TPSA) is 70.2 Å². The van der Waals surface area contributed by atoms with Crippen molar-refractivity contribution >= 4 is 23.2 Å². The van der Waals surface area contributed by atoms with Crippen LogP contribution in [-0.4, -0.2) is 35.0 Å². The van der Waals surface area contributed by atoms with Gasteiger partial charge in [-0.05, 0) is 62.4 Å². The van der Waals surface area contributed by atoms with E-state index in [9.17, 15) is 4.79 Å². The first-order valence-electron chi connectivity index (χ1n) is 10.5. The predicted molar refractivity (Wildman–Crippen MR) is 112 cm³/mol. The van der Waals surface area contributed by atoms with Crippen LogP contribution in [0, 0.1) is 0 Å². The smallest absolute Gasteiger partial charge is 0.270 e. The maximum absolute atomic E-state index is 12.5. The predicted octanol–water partition coefficient (Wildman–Crippen LogP) is 4.27. The van der Waals surface area contributed by atoms with Gasteiger partial charge in [0.15, 0.2) is 0 Å². The molecular weight excluding hydrogens is 350 g/mol. The summed E-state index contributed by atoms with van der Waals surface area (Å²) in [5.41, 5.74) is 2.59. The average Bonchev–Trinajstić information content (AvgIpc) is 2.76. The molecule has 2 heterocycles. The number of rotatable bonds is 5. The molecule has 0 radical (unpaired) electrons. The minimum absolute atomic E-state index is 0.113. The highest BCUT2D eigenvalue weighted by Gasteiger charge is 2.18. The SMILES string of the molecule is O=C(NC1CCCCC1)c1ccnc(Nc2ccc(N3CCCCC3)cc2)n1.